The molecule has 0 aromatic heterocycles. The molecule has 2 aliphatic rings. The Labute approximate surface area is 178 Å². The molecule has 1 saturated heterocycles. The van der Waals surface area contributed by atoms with Crippen LogP contribution in [-0.4, -0.2) is 56.3 Å². The molecule has 6 nitrogen and oxygen atoms in total. The fraction of sp³-hybridized carbons (Fsp3) is 0.435. The van der Waals surface area contributed by atoms with Gasteiger partial charge in [0.25, 0.3) is 5.91 Å². The van der Waals surface area contributed by atoms with Crippen LogP contribution in [0.15, 0.2) is 59.5 Å². The van der Waals surface area contributed by atoms with Gasteiger partial charge in [-0.25, -0.2) is 13.1 Å². The van der Waals surface area contributed by atoms with Crippen LogP contribution in [0.4, 0.5) is 0 Å². The lowest BCUT2D eigenvalue weighted by Crippen LogP contribution is -2.48. The molecule has 2 fully saturated rings. The van der Waals surface area contributed by atoms with Gasteiger partial charge in [0.2, 0.25) is 10.0 Å². The van der Waals surface area contributed by atoms with Gasteiger partial charge in [-0.2, -0.15) is 0 Å². The third-order valence-corrected chi connectivity index (χ3v) is 7.44. The van der Waals surface area contributed by atoms with Gasteiger partial charge in [0.15, 0.2) is 0 Å². The summed E-state index contributed by atoms with van der Waals surface area (Å²) in [6.07, 6.45) is 3.82. The van der Waals surface area contributed by atoms with Crippen LogP contribution in [0.25, 0.3) is 0 Å². The summed E-state index contributed by atoms with van der Waals surface area (Å²) in [5.41, 5.74) is 1.80. The lowest BCUT2D eigenvalue weighted by atomic mass is 10.0. The molecule has 1 atom stereocenters. The van der Waals surface area contributed by atoms with E-state index < -0.39 is 10.0 Å². The SMILES string of the molecule is CN(C(=O)c1ccc(S(=O)(=O)NC2CC2)cc1)C1CCCN(Cc2ccccc2)C1. The molecular weight excluding hydrogens is 398 g/mol. The molecule has 0 radical (unpaired) electrons. The molecule has 0 bridgehead atoms. The van der Waals surface area contributed by atoms with Crippen LogP contribution in [0, 0.1) is 0 Å². The largest absolute Gasteiger partial charge is 0.337 e. The second kappa shape index (κ2) is 8.88. The molecule has 1 saturated carbocycles. The molecule has 1 aliphatic carbocycles. The normalized spacial score (nSPS) is 20.1. The molecule has 1 heterocycles. The lowest BCUT2D eigenvalue weighted by molar-refractivity contribution is 0.0609. The van der Waals surface area contributed by atoms with E-state index in [-0.39, 0.29) is 22.9 Å². The minimum atomic E-state index is -3.50. The van der Waals surface area contributed by atoms with Gasteiger partial charge in [-0.3, -0.25) is 9.69 Å². The van der Waals surface area contributed by atoms with Crippen molar-refractivity contribution in [2.45, 2.75) is 49.2 Å². The molecule has 1 aliphatic heterocycles. The van der Waals surface area contributed by atoms with Gasteiger partial charge < -0.3 is 4.90 Å². The topological polar surface area (TPSA) is 69.7 Å². The Bertz CT molecular complexity index is 973. The van der Waals surface area contributed by atoms with Crippen molar-refractivity contribution in [3.05, 3.63) is 65.7 Å². The summed E-state index contributed by atoms with van der Waals surface area (Å²) in [6, 6.07) is 16.9. The smallest absolute Gasteiger partial charge is 0.253 e. The average molecular weight is 428 g/mol. The fourth-order valence-corrected chi connectivity index (χ4v) is 5.27. The lowest BCUT2D eigenvalue weighted by Gasteiger charge is -2.37. The van der Waals surface area contributed by atoms with Gasteiger partial charge in [-0.05, 0) is 62.1 Å². The number of likely N-dealkylation sites (N-methyl/N-ethyl adjacent to an activating group) is 1. The van der Waals surface area contributed by atoms with E-state index in [0.717, 1.165) is 45.3 Å². The van der Waals surface area contributed by atoms with Crippen LogP contribution in [0.2, 0.25) is 0 Å². The van der Waals surface area contributed by atoms with Crippen molar-refractivity contribution in [3.8, 4) is 0 Å². The zero-order valence-electron chi connectivity index (χ0n) is 17.3. The number of likely N-dealkylation sites (tertiary alicyclic amines) is 1. The highest BCUT2D eigenvalue weighted by atomic mass is 32.2. The van der Waals surface area contributed by atoms with Gasteiger partial charge in [0.1, 0.15) is 0 Å². The van der Waals surface area contributed by atoms with Crippen molar-refractivity contribution in [3.63, 3.8) is 0 Å². The molecule has 1 N–H and O–H groups in total. The number of piperidine rings is 1. The maximum absolute atomic E-state index is 13.0. The Hall–Kier alpha value is -2.22. The molecule has 30 heavy (non-hydrogen) atoms. The number of nitrogens with one attached hydrogen (secondary N) is 1. The minimum Gasteiger partial charge on any atom is -0.337 e. The van der Waals surface area contributed by atoms with E-state index in [1.165, 1.54) is 17.7 Å². The molecule has 0 spiro atoms. The first-order valence-corrected chi connectivity index (χ1v) is 12.1. The summed E-state index contributed by atoms with van der Waals surface area (Å²) in [5.74, 6) is -0.0688. The molecule has 2 aromatic rings. The number of sulfonamides is 1. The predicted octanol–water partition coefficient (Wildman–Crippen LogP) is 2.86. The third kappa shape index (κ3) is 5.09. The summed E-state index contributed by atoms with van der Waals surface area (Å²) < 4.78 is 27.3. The number of carbonyl (C=O) groups is 1. The fourth-order valence-electron chi connectivity index (χ4n) is 3.97. The van der Waals surface area contributed by atoms with Crippen LogP contribution < -0.4 is 4.72 Å². The number of amides is 1. The number of benzene rings is 2. The van der Waals surface area contributed by atoms with E-state index in [2.05, 4.69) is 33.9 Å². The molecule has 1 amide bonds. The van der Waals surface area contributed by atoms with Gasteiger partial charge in [0.05, 0.1) is 4.90 Å². The maximum Gasteiger partial charge on any atom is 0.253 e. The van der Waals surface area contributed by atoms with E-state index in [9.17, 15) is 13.2 Å². The van der Waals surface area contributed by atoms with Crippen molar-refractivity contribution in [1.82, 2.24) is 14.5 Å². The number of carbonyl (C=O) groups excluding carboxylic acids is 1. The van der Waals surface area contributed by atoms with Crippen molar-refractivity contribution in [2.24, 2.45) is 0 Å². The van der Waals surface area contributed by atoms with Crippen molar-refractivity contribution >= 4 is 15.9 Å². The van der Waals surface area contributed by atoms with E-state index in [1.807, 2.05) is 18.0 Å². The van der Waals surface area contributed by atoms with Crippen molar-refractivity contribution < 1.29 is 13.2 Å². The summed E-state index contributed by atoms with van der Waals surface area (Å²) >= 11 is 0. The zero-order chi connectivity index (χ0) is 21.1. The number of hydrogen-bond acceptors (Lipinski definition) is 4. The first-order chi connectivity index (χ1) is 14.4. The Morgan fingerprint density at radius 1 is 1.07 bits per heavy atom. The van der Waals surface area contributed by atoms with E-state index in [4.69, 9.17) is 0 Å². The maximum atomic E-state index is 13.0. The Morgan fingerprint density at radius 3 is 2.43 bits per heavy atom. The Morgan fingerprint density at radius 2 is 1.77 bits per heavy atom. The summed E-state index contributed by atoms with van der Waals surface area (Å²) in [7, 11) is -1.65. The predicted molar refractivity (Wildman–Crippen MR) is 117 cm³/mol. The van der Waals surface area contributed by atoms with Crippen LogP contribution >= 0.6 is 0 Å². The zero-order valence-corrected chi connectivity index (χ0v) is 18.1. The van der Waals surface area contributed by atoms with Crippen LogP contribution in [0.5, 0.6) is 0 Å². The molecule has 1 unspecified atom stereocenters. The molecule has 2 aromatic carbocycles. The van der Waals surface area contributed by atoms with Gasteiger partial charge >= 0.3 is 0 Å². The highest BCUT2D eigenvalue weighted by molar-refractivity contribution is 7.89. The highest BCUT2D eigenvalue weighted by Gasteiger charge is 2.29. The average Bonchev–Trinajstić information content (AvgIpc) is 3.57. The van der Waals surface area contributed by atoms with Gasteiger partial charge in [0, 0.05) is 37.8 Å². The van der Waals surface area contributed by atoms with Crippen LogP contribution in [-0.2, 0) is 16.6 Å². The quantitative estimate of drug-likeness (QED) is 0.738. The molecular formula is C23H29N3O3S. The van der Waals surface area contributed by atoms with Gasteiger partial charge in [-0.15, -0.1) is 0 Å². The number of hydrogen-bond donors (Lipinski definition) is 1. The number of nitrogens with zero attached hydrogens (tertiary/aromatic N) is 2. The summed E-state index contributed by atoms with van der Waals surface area (Å²) in [4.78, 5) is 17.4. The van der Waals surface area contributed by atoms with E-state index >= 15 is 0 Å². The second-order valence-corrected chi connectivity index (χ2v) is 10.1. The van der Waals surface area contributed by atoms with Crippen molar-refractivity contribution in [2.75, 3.05) is 20.1 Å². The van der Waals surface area contributed by atoms with Crippen LogP contribution in [0.3, 0.4) is 0 Å². The Kier molecular flexibility index (Phi) is 6.22. The first kappa shape index (κ1) is 21.0. The Balaban J connectivity index is 1.38. The summed E-state index contributed by atoms with van der Waals surface area (Å²) in [5, 5.41) is 0. The van der Waals surface area contributed by atoms with E-state index in [1.54, 1.807) is 12.1 Å². The van der Waals surface area contributed by atoms with Gasteiger partial charge in [-0.1, -0.05) is 30.3 Å². The third-order valence-electron chi connectivity index (χ3n) is 5.91. The molecule has 4 rings (SSSR count). The van der Waals surface area contributed by atoms with Crippen LogP contribution in [0.1, 0.15) is 41.6 Å². The number of rotatable bonds is 7. The van der Waals surface area contributed by atoms with E-state index in [0.29, 0.717) is 5.56 Å². The minimum absolute atomic E-state index is 0.0626. The highest BCUT2D eigenvalue weighted by Crippen LogP contribution is 2.23. The molecule has 160 valence electrons. The first-order valence-electron chi connectivity index (χ1n) is 10.6. The summed E-state index contributed by atoms with van der Waals surface area (Å²) in [6.45, 7) is 2.77. The van der Waals surface area contributed by atoms with Crippen molar-refractivity contribution in [1.29, 1.82) is 0 Å². The standard InChI is InChI=1S/C23H29N3O3S/c1-25(21-8-5-15-26(17-21)16-18-6-3-2-4-7-18)23(27)19-9-13-22(14-10-19)30(28,29)24-20-11-12-20/h2-4,6-7,9-10,13-14,20-21,24H,5,8,11-12,15-17H2,1H3. The second-order valence-electron chi connectivity index (χ2n) is 8.35. The monoisotopic (exact) mass is 427 g/mol. The molecule has 7 heteroatoms.